The first-order valence-electron chi connectivity index (χ1n) is 7.62. The molecule has 0 aliphatic carbocycles. The molecule has 0 unspecified atom stereocenters. The van der Waals surface area contributed by atoms with Crippen LogP contribution >= 0.6 is 0 Å². The molecule has 0 radical (unpaired) electrons. The van der Waals surface area contributed by atoms with E-state index in [0.29, 0.717) is 23.3 Å². The largest absolute Gasteiger partial charge is 0.381 e. The van der Waals surface area contributed by atoms with Crippen LogP contribution in [0.4, 0.5) is 8.78 Å². The fourth-order valence-electron chi connectivity index (χ4n) is 2.57. The van der Waals surface area contributed by atoms with Gasteiger partial charge in [-0.3, -0.25) is 4.57 Å². The van der Waals surface area contributed by atoms with Gasteiger partial charge in [0.25, 0.3) is 0 Å². The molecule has 5 heteroatoms. The van der Waals surface area contributed by atoms with Crippen molar-refractivity contribution in [2.24, 2.45) is 0 Å². The van der Waals surface area contributed by atoms with Crippen LogP contribution in [-0.4, -0.2) is 22.8 Å². The third-order valence-electron chi connectivity index (χ3n) is 3.67. The van der Waals surface area contributed by atoms with Crippen LogP contribution < -0.4 is 0 Å². The molecule has 0 aliphatic heterocycles. The van der Waals surface area contributed by atoms with Gasteiger partial charge in [0.2, 0.25) is 0 Å². The molecule has 3 aromatic rings. The third-order valence-corrected chi connectivity index (χ3v) is 3.67. The normalized spacial score (nSPS) is 12.0. The lowest BCUT2D eigenvalue weighted by Crippen LogP contribution is -2.21. The first-order chi connectivity index (χ1) is 11.1. The zero-order valence-corrected chi connectivity index (χ0v) is 12.9. The molecule has 0 amide bonds. The van der Waals surface area contributed by atoms with E-state index in [0.717, 1.165) is 0 Å². The Hall–Kier alpha value is -2.27. The van der Waals surface area contributed by atoms with Crippen molar-refractivity contribution in [3.8, 4) is 5.69 Å². The average Bonchev–Trinajstić information content (AvgIpc) is 2.96. The molecule has 2 aromatic carbocycles. The molecule has 0 saturated heterocycles. The molecule has 0 N–H and O–H groups in total. The predicted octanol–water partition coefficient (Wildman–Crippen LogP) is 4.54. The van der Waals surface area contributed by atoms with Crippen LogP contribution in [0.3, 0.4) is 0 Å². The topological polar surface area (TPSA) is 27.1 Å². The fraction of sp³-hybridized carbons (Fsp3) is 0.278. The number of halogens is 2. The molecule has 1 heterocycles. The van der Waals surface area contributed by atoms with Crippen LogP contribution in [0.2, 0.25) is 0 Å². The first kappa shape index (κ1) is 15.6. The summed E-state index contributed by atoms with van der Waals surface area (Å²) in [6.45, 7) is 2.21. The summed E-state index contributed by atoms with van der Waals surface area (Å²) in [6.07, 6.45) is -0.392. The van der Waals surface area contributed by atoms with Gasteiger partial charge in [-0.25, -0.2) is 4.98 Å². The number of hydrogen-bond acceptors (Lipinski definition) is 2. The Labute approximate surface area is 133 Å². The van der Waals surface area contributed by atoms with Crippen LogP contribution in [0.15, 0.2) is 54.6 Å². The van der Waals surface area contributed by atoms with Gasteiger partial charge in [0, 0.05) is 18.7 Å². The van der Waals surface area contributed by atoms with Gasteiger partial charge >= 0.3 is 5.92 Å². The van der Waals surface area contributed by atoms with Crippen molar-refractivity contribution >= 4 is 11.0 Å². The summed E-state index contributed by atoms with van der Waals surface area (Å²) in [7, 11) is 0. The molecule has 0 spiro atoms. The van der Waals surface area contributed by atoms with E-state index in [1.807, 2.05) is 24.3 Å². The van der Waals surface area contributed by atoms with Gasteiger partial charge in [0.15, 0.2) is 5.82 Å². The molecule has 0 atom stereocenters. The second-order valence-electron chi connectivity index (χ2n) is 5.25. The Morgan fingerprint density at radius 1 is 1.04 bits per heavy atom. The van der Waals surface area contributed by atoms with Gasteiger partial charge < -0.3 is 4.74 Å². The molecule has 23 heavy (non-hydrogen) atoms. The molecule has 0 bridgehead atoms. The first-order valence-corrected chi connectivity index (χ1v) is 7.62. The van der Waals surface area contributed by atoms with E-state index < -0.39 is 12.3 Å². The summed E-state index contributed by atoms with van der Waals surface area (Å²) in [5.74, 6) is -3.31. The Morgan fingerprint density at radius 2 is 1.74 bits per heavy atom. The monoisotopic (exact) mass is 316 g/mol. The lowest BCUT2D eigenvalue weighted by atomic mass is 10.2. The van der Waals surface area contributed by atoms with Crippen molar-refractivity contribution in [1.29, 1.82) is 0 Å². The number of ether oxygens (including phenoxy) is 1. The van der Waals surface area contributed by atoms with E-state index in [-0.39, 0.29) is 12.4 Å². The predicted molar refractivity (Wildman–Crippen MR) is 86.1 cm³/mol. The van der Waals surface area contributed by atoms with Gasteiger partial charge in [0.05, 0.1) is 17.6 Å². The van der Waals surface area contributed by atoms with Crippen LogP contribution in [0.1, 0.15) is 19.2 Å². The van der Waals surface area contributed by atoms with E-state index in [9.17, 15) is 8.78 Å². The number of imidazole rings is 1. The number of alkyl halides is 2. The van der Waals surface area contributed by atoms with Gasteiger partial charge in [-0.1, -0.05) is 30.3 Å². The van der Waals surface area contributed by atoms with E-state index in [1.165, 1.54) is 4.57 Å². The number of para-hydroxylation sites is 3. The zero-order chi connectivity index (χ0) is 16.3. The molecular formula is C18H18F2N2O. The lowest BCUT2D eigenvalue weighted by Gasteiger charge is -2.18. The standard InChI is InChI=1S/C18H18F2N2O/c1-2-23-13-12-18(19,20)17-21-15-10-6-7-11-16(15)22(17)14-8-4-3-5-9-14/h3-11H,2,12-13H2,1H3. The number of benzene rings is 2. The maximum atomic E-state index is 14.7. The highest BCUT2D eigenvalue weighted by Gasteiger charge is 2.37. The number of nitrogens with zero attached hydrogens (tertiary/aromatic N) is 2. The van der Waals surface area contributed by atoms with Crippen LogP contribution in [-0.2, 0) is 10.7 Å². The summed E-state index contributed by atoms with van der Waals surface area (Å²) in [5, 5.41) is 0. The van der Waals surface area contributed by atoms with Crippen molar-refractivity contribution in [3.63, 3.8) is 0 Å². The molecule has 1 aromatic heterocycles. The molecule has 0 saturated carbocycles. The molecule has 3 rings (SSSR count). The zero-order valence-electron chi connectivity index (χ0n) is 12.9. The van der Waals surface area contributed by atoms with Crippen LogP contribution in [0.25, 0.3) is 16.7 Å². The second-order valence-corrected chi connectivity index (χ2v) is 5.25. The van der Waals surface area contributed by atoms with Crippen LogP contribution in [0.5, 0.6) is 0 Å². The summed E-state index contributed by atoms with van der Waals surface area (Å²) in [4.78, 5) is 4.20. The molecule has 120 valence electrons. The Bertz CT molecular complexity index is 784. The van der Waals surface area contributed by atoms with Crippen molar-refractivity contribution in [1.82, 2.24) is 9.55 Å². The Morgan fingerprint density at radius 3 is 2.48 bits per heavy atom. The lowest BCUT2D eigenvalue weighted by molar-refractivity contribution is -0.0456. The van der Waals surface area contributed by atoms with Gasteiger partial charge in [-0.15, -0.1) is 0 Å². The van der Waals surface area contributed by atoms with Crippen molar-refractivity contribution in [2.45, 2.75) is 19.3 Å². The van der Waals surface area contributed by atoms with Gasteiger partial charge in [-0.05, 0) is 31.2 Å². The molecular weight excluding hydrogens is 298 g/mol. The minimum Gasteiger partial charge on any atom is -0.381 e. The SMILES string of the molecule is CCOCCC(F)(F)c1nc2ccccc2n1-c1ccccc1. The maximum absolute atomic E-state index is 14.7. The second kappa shape index (κ2) is 6.46. The summed E-state index contributed by atoms with van der Waals surface area (Å²) < 4.78 is 36.0. The van der Waals surface area contributed by atoms with Crippen molar-refractivity contribution in [2.75, 3.05) is 13.2 Å². The Kier molecular flexibility index (Phi) is 4.39. The van der Waals surface area contributed by atoms with E-state index >= 15 is 0 Å². The average molecular weight is 316 g/mol. The minimum atomic E-state index is -3.07. The Balaban J connectivity index is 2.13. The van der Waals surface area contributed by atoms with Crippen molar-refractivity contribution in [3.05, 3.63) is 60.4 Å². The highest BCUT2D eigenvalue weighted by Crippen LogP contribution is 2.35. The maximum Gasteiger partial charge on any atom is 0.307 e. The summed E-state index contributed by atoms with van der Waals surface area (Å²) in [6, 6.07) is 16.3. The van der Waals surface area contributed by atoms with Crippen molar-refractivity contribution < 1.29 is 13.5 Å². The quantitative estimate of drug-likeness (QED) is 0.624. The number of aromatic nitrogens is 2. The summed E-state index contributed by atoms with van der Waals surface area (Å²) >= 11 is 0. The number of hydrogen-bond donors (Lipinski definition) is 0. The minimum absolute atomic E-state index is 0.00148. The summed E-state index contributed by atoms with van der Waals surface area (Å²) in [5.41, 5.74) is 1.90. The van der Waals surface area contributed by atoms with E-state index in [2.05, 4.69) is 4.98 Å². The smallest absolute Gasteiger partial charge is 0.307 e. The third kappa shape index (κ3) is 3.10. The van der Waals surface area contributed by atoms with Gasteiger partial charge in [0.1, 0.15) is 0 Å². The van der Waals surface area contributed by atoms with E-state index in [4.69, 9.17) is 4.74 Å². The molecule has 0 aliphatic rings. The number of fused-ring (bicyclic) bond motifs is 1. The van der Waals surface area contributed by atoms with Gasteiger partial charge in [-0.2, -0.15) is 8.78 Å². The molecule has 0 fully saturated rings. The fourth-order valence-corrected chi connectivity index (χ4v) is 2.57. The van der Waals surface area contributed by atoms with E-state index in [1.54, 1.807) is 37.3 Å². The number of rotatable bonds is 6. The highest BCUT2D eigenvalue weighted by atomic mass is 19.3. The van der Waals surface area contributed by atoms with Crippen LogP contribution in [0, 0.1) is 0 Å². The molecule has 3 nitrogen and oxygen atoms in total. The highest BCUT2D eigenvalue weighted by molar-refractivity contribution is 5.78.